The quantitative estimate of drug-likeness (QED) is 0.615. The molecule has 2 aromatic carbocycles. The van der Waals surface area contributed by atoms with Gasteiger partial charge in [0.2, 0.25) is 10.0 Å². The first kappa shape index (κ1) is 25.5. The first-order valence-electron chi connectivity index (χ1n) is 12.6. The van der Waals surface area contributed by atoms with Crippen molar-refractivity contribution in [1.29, 1.82) is 0 Å². The Morgan fingerprint density at radius 1 is 0.971 bits per heavy atom. The summed E-state index contributed by atoms with van der Waals surface area (Å²) in [5.74, 6) is 1.59. The molecule has 0 bridgehead atoms. The second-order valence-corrected chi connectivity index (χ2v) is 11.9. The molecule has 1 amide bonds. The minimum absolute atomic E-state index is 0.246. The lowest BCUT2D eigenvalue weighted by Gasteiger charge is -2.35. The fourth-order valence-corrected chi connectivity index (χ4v) is 6.51. The number of anilines is 1. The summed E-state index contributed by atoms with van der Waals surface area (Å²) in [5.41, 5.74) is 1.97. The van der Waals surface area contributed by atoms with Gasteiger partial charge in [0.15, 0.2) is 0 Å². The smallest absolute Gasteiger partial charge is 0.251 e. The summed E-state index contributed by atoms with van der Waals surface area (Å²) < 4.78 is 34.4. The number of piperidine rings is 2. The third-order valence-corrected chi connectivity index (χ3v) is 9.22. The van der Waals surface area contributed by atoms with Crippen molar-refractivity contribution in [2.24, 2.45) is 11.8 Å². The van der Waals surface area contributed by atoms with Crippen molar-refractivity contribution in [3.63, 3.8) is 0 Å². The first-order chi connectivity index (χ1) is 16.8. The van der Waals surface area contributed by atoms with Crippen molar-refractivity contribution < 1.29 is 17.9 Å². The van der Waals surface area contributed by atoms with Gasteiger partial charge in [-0.3, -0.25) is 4.79 Å². The summed E-state index contributed by atoms with van der Waals surface area (Å²) in [5, 5.41) is 2.92. The summed E-state index contributed by atoms with van der Waals surface area (Å²) >= 11 is 0. The Morgan fingerprint density at radius 3 is 2.29 bits per heavy atom. The molecule has 0 unspecified atom stereocenters. The number of carbonyl (C=O) groups is 1. The molecule has 0 aliphatic carbocycles. The van der Waals surface area contributed by atoms with Crippen LogP contribution < -0.4 is 15.0 Å². The standard InChI is InChI=1S/C27H37N3O4S/c1-20-9-13-29(14-10-20)25-8-7-23(27(31)28-19-22-5-4-6-24(17-22)34-3)18-26(25)35(32,33)30-15-11-21(2)12-16-30/h4-8,17-18,20-21H,9-16,19H2,1-3H3,(H,28,31). The highest BCUT2D eigenvalue weighted by Gasteiger charge is 2.32. The van der Waals surface area contributed by atoms with Crippen molar-refractivity contribution in [3.8, 4) is 5.75 Å². The molecule has 0 spiro atoms. The number of benzene rings is 2. The van der Waals surface area contributed by atoms with E-state index in [1.807, 2.05) is 30.3 Å². The molecule has 35 heavy (non-hydrogen) atoms. The lowest BCUT2D eigenvalue weighted by Crippen LogP contribution is -2.40. The summed E-state index contributed by atoms with van der Waals surface area (Å²) in [6.45, 7) is 7.41. The Kier molecular flexibility index (Phi) is 8.02. The number of amides is 1. The minimum Gasteiger partial charge on any atom is -0.497 e. The van der Waals surface area contributed by atoms with Crippen LogP contribution in [-0.4, -0.2) is 51.9 Å². The molecule has 0 saturated carbocycles. The zero-order valence-electron chi connectivity index (χ0n) is 21.0. The van der Waals surface area contributed by atoms with Crippen LogP contribution in [0, 0.1) is 11.8 Å². The number of sulfonamides is 1. The van der Waals surface area contributed by atoms with E-state index in [9.17, 15) is 13.2 Å². The maximum Gasteiger partial charge on any atom is 0.251 e. The predicted molar refractivity (Wildman–Crippen MR) is 138 cm³/mol. The van der Waals surface area contributed by atoms with Crippen LogP contribution in [0.2, 0.25) is 0 Å². The van der Waals surface area contributed by atoms with Crippen LogP contribution in [0.1, 0.15) is 55.5 Å². The van der Waals surface area contributed by atoms with Crippen molar-refractivity contribution in [2.45, 2.75) is 51.0 Å². The summed E-state index contributed by atoms with van der Waals surface area (Å²) in [4.78, 5) is 15.4. The summed E-state index contributed by atoms with van der Waals surface area (Å²) in [6, 6.07) is 12.6. The molecule has 2 aliphatic rings. The van der Waals surface area contributed by atoms with Gasteiger partial charge in [0.25, 0.3) is 5.91 Å². The van der Waals surface area contributed by atoms with Gasteiger partial charge in [0, 0.05) is 38.3 Å². The number of nitrogens with one attached hydrogen (secondary N) is 1. The molecule has 1 N–H and O–H groups in total. The highest BCUT2D eigenvalue weighted by atomic mass is 32.2. The minimum atomic E-state index is -3.72. The average Bonchev–Trinajstić information content (AvgIpc) is 2.88. The Morgan fingerprint density at radius 2 is 1.63 bits per heavy atom. The fourth-order valence-electron chi connectivity index (χ4n) is 4.80. The second kappa shape index (κ2) is 11.0. The van der Waals surface area contributed by atoms with Gasteiger partial charge in [0.1, 0.15) is 10.6 Å². The average molecular weight is 500 g/mol. The monoisotopic (exact) mass is 499 g/mol. The normalized spacial score (nSPS) is 18.4. The third kappa shape index (κ3) is 5.98. The van der Waals surface area contributed by atoms with Gasteiger partial charge in [0.05, 0.1) is 12.8 Å². The number of carbonyl (C=O) groups excluding carboxylic acids is 1. The van der Waals surface area contributed by atoms with E-state index in [1.165, 1.54) is 0 Å². The molecule has 2 aromatic rings. The second-order valence-electron chi connectivity index (χ2n) is 9.97. The third-order valence-electron chi connectivity index (χ3n) is 7.29. The van der Waals surface area contributed by atoms with Gasteiger partial charge >= 0.3 is 0 Å². The van der Waals surface area contributed by atoms with Crippen molar-refractivity contribution >= 4 is 21.6 Å². The largest absolute Gasteiger partial charge is 0.497 e. The zero-order chi connectivity index (χ0) is 25.0. The van der Waals surface area contributed by atoms with E-state index in [2.05, 4.69) is 24.1 Å². The zero-order valence-corrected chi connectivity index (χ0v) is 21.8. The highest BCUT2D eigenvalue weighted by Crippen LogP contribution is 2.33. The van der Waals surface area contributed by atoms with E-state index in [0.29, 0.717) is 42.7 Å². The Labute approximate surface area is 209 Å². The summed E-state index contributed by atoms with van der Waals surface area (Å²) in [7, 11) is -2.11. The van der Waals surface area contributed by atoms with Crippen LogP contribution in [-0.2, 0) is 16.6 Å². The Hall–Kier alpha value is -2.58. The molecule has 2 aliphatic heterocycles. The molecular formula is C27H37N3O4S. The van der Waals surface area contributed by atoms with E-state index in [1.54, 1.807) is 23.5 Å². The van der Waals surface area contributed by atoms with Gasteiger partial charge in [-0.2, -0.15) is 4.31 Å². The Balaban J connectivity index is 1.60. The van der Waals surface area contributed by atoms with Gasteiger partial charge in [-0.05, 0) is 73.4 Å². The highest BCUT2D eigenvalue weighted by molar-refractivity contribution is 7.89. The number of methoxy groups -OCH3 is 1. The molecular weight excluding hydrogens is 462 g/mol. The van der Waals surface area contributed by atoms with Crippen LogP contribution >= 0.6 is 0 Å². The number of hydrogen-bond acceptors (Lipinski definition) is 5. The van der Waals surface area contributed by atoms with Gasteiger partial charge in [-0.25, -0.2) is 8.42 Å². The van der Waals surface area contributed by atoms with E-state index in [4.69, 9.17) is 4.74 Å². The molecule has 2 fully saturated rings. The van der Waals surface area contributed by atoms with Crippen molar-refractivity contribution in [3.05, 3.63) is 53.6 Å². The molecule has 8 heteroatoms. The molecule has 0 radical (unpaired) electrons. The van der Waals surface area contributed by atoms with Crippen molar-refractivity contribution in [1.82, 2.24) is 9.62 Å². The van der Waals surface area contributed by atoms with E-state index >= 15 is 0 Å². The number of ether oxygens (including phenoxy) is 1. The maximum atomic E-state index is 13.8. The topological polar surface area (TPSA) is 79.0 Å². The number of hydrogen-bond donors (Lipinski definition) is 1. The summed E-state index contributed by atoms with van der Waals surface area (Å²) in [6.07, 6.45) is 3.78. The molecule has 0 atom stereocenters. The van der Waals surface area contributed by atoms with Gasteiger partial charge in [-0.1, -0.05) is 26.0 Å². The van der Waals surface area contributed by atoms with Gasteiger partial charge in [-0.15, -0.1) is 0 Å². The lowest BCUT2D eigenvalue weighted by atomic mass is 9.98. The van der Waals surface area contributed by atoms with Crippen LogP contribution in [0.3, 0.4) is 0 Å². The van der Waals surface area contributed by atoms with E-state index < -0.39 is 10.0 Å². The van der Waals surface area contributed by atoms with E-state index in [-0.39, 0.29) is 10.8 Å². The molecule has 2 heterocycles. The van der Waals surface area contributed by atoms with E-state index in [0.717, 1.165) is 50.1 Å². The van der Waals surface area contributed by atoms with Crippen LogP contribution in [0.15, 0.2) is 47.4 Å². The molecule has 4 rings (SSSR count). The van der Waals surface area contributed by atoms with Crippen LogP contribution in [0.4, 0.5) is 5.69 Å². The first-order valence-corrected chi connectivity index (χ1v) is 14.0. The number of nitrogens with zero attached hydrogens (tertiary/aromatic N) is 2. The molecule has 0 aromatic heterocycles. The molecule has 2 saturated heterocycles. The van der Waals surface area contributed by atoms with Crippen LogP contribution in [0.25, 0.3) is 0 Å². The molecule has 7 nitrogen and oxygen atoms in total. The number of rotatable bonds is 7. The van der Waals surface area contributed by atoms with Crippen LogP contribution in [0.5, 0.6) is 5.75 Å². The molecule has 190 valence electrons. The SMILES string of the molecule is COc1cccc(CNC(=O)c2ccc(N3CCC(C)CC3)c(S(=O)(=O)N3CCC(C)CC3)c2)c1. The predicted octanol–water partition coefficient (Wildman–Crippen LogP) is 4.28. The fraction of sp³-hybridized carbons (Fsp3) is 0.519. The van der Waals surface area contributed by atoms with Crippen molar-refractivity contribution in [2.75, 3.05) is 38.2 Å². The Bertz CT molecular complexity index is 1130. The maximum absolute atomic E-state index is 13.8. The lowest BCUT2D eigenvalue weighted by molar-refractivity contribution is 0.0950. The van der Waals surface area contributed by atoms with Gasteiger partial charge < -0.3 is 15.0 Å².